The van der Waals surface area contributed by atoms with Gasteiger partial charge in [-0.3, -0.25) is 9.79 Å². The first kappa shape index (κ1) is 19.7. The number of aliphatic imine (C=N–C) groups is 1. The van der Waals surface area contributed by atoms with Gasteiger partial charge < -0.3 is 15.5 Å². The minimum absolute atomic E-state index is 0.157. The summed E-state index contributed by atoms with van der Waals surface area (Å²) >= 11 is 0. The van der Waals surface area contributed by atoms with E-state index in [-0.39, 0.29) is 5.91 Å². The maximum Gasteiger partial charge on any atom is 0.220 e. The Hall–Kier alpha value is -2.04. The number of nitrogens with zero attached hydrogens (tertiary/aromatic N) is 2. The molecule has 0 saturated carbocycles. The normalized spacial score (nSPS) is 20.9. The highest BCUT2D eigenvalue weighted by atomic mass is 16.1. The van der Waals surface area contributed by atoms with Gasteiger partial charge in [0.05, 0.1) is 0 Å². The number of fused-ring (bicyclic) bond motifs is 1. The van der Waals surface area contributed by atoms with Gasteiger partial charge in [0, 0.05) is 45.6 Å². The van der Waals surface area contributed by atoms with Crippen LogP contribution < -0.4 is 10.6 Å². The van der Waals surface area contributed by atoms with Crippen molar-refractivity contribution in [2.24, 2.45) is 10.9 Å². The summed E-state index contributed by atoms with van der Waals surface area (Å²) in [5.74, 6) is 2.23. The van der Waals surface area contributed by atoms with Gasteiger partial charge in [-0.2, -0.15) is 0 Å². The van der Waals surface area contributed by atoms with Crippen LogP contribution in [0.5, 0.6) is 0 Å². The maximum absolute atomic E-state index is 11.6. The van der Waals surface area contributed by atoms with Crippen molar-refractivity contribution >= 4 is 11.9 Å². The molecule has 1 fully saturated rings. The Labute approximate surface area is 163 Å². The van der Waals surface area contributed by atoms with Gasteiger partial charge in [-0.05, 0) is 56.1 Å². The van der Waals surface area contributed by atoms with Gasteiger partial charge in [0.25, 0.3) is 0 Å². The number of nitrogens with one attached hydrogen (secondary N) is 2. The largest absolute Gasteiger partial charge is 0.359 e. The lowest BCUT2D eigenvalue weighted by molar-refractivity contribution is -0.121. The van der Waals surface area contributed by atoms with Crippen molar-refractivity contribution in [1.82, 2.24) is 15.5 Å². The van der Waals surface area contributed by atoms with E-state index in [1.165, 1.54) is 30.4 Å². The molecular formula is C22H34N4O. The zero-order chi connectivity index (χ0) is 19.1. The van der Waals surface area contributed by atoms with Gasteiger partial charge in [0.15, 0.2) is 5.96 Å². The number of rotatable bonds is 5. The third-order valence-electron chi connectivity index (χ3n) is 5.96. The smallest absolute Gasteiger partial charge is 0.220 e. The monoisotopic (exact) mass is 370 g/mol. The molecule has 5 heteroatoms. The Kier molecular flexibility index (Phi) is 7.13. The van der Waals surface area contributed by atoms with Crippen LogP contribution >= 0.6 is 0 Å². The van der Waals surface area contributed by atoms with Crippen molar-refractivity contribution < 1.29 is 4.79 Å². The van der Waals surface area contributed by atoms with Crippen molar-refractivity contribution in [2.45, 2.75) is 51.4 Å². The Balaban J connectivity index is 1.60. The molecule has 1 unspecified atom stereocenters. The number of likely N-dealkylation sites (tertiary alicyclic amines) is 1. The van der Waals surface area contributed by atoms with Crippen molar-refractivity contribution in [2.75, 3.05) is 33.2 Å². The second-order valence-corrected chi connectivity index (χ2v) is 7.79. The summed E-state index contributed by atoms with van der Waals surface area (Å²) in [4.78, 5) is 19.0. The Morgan fingerprint density at radius 2 is 2.00 bits per heavy atom. The molecule has 1 aromatic carbocycles. The first-order chi connectivity index (χ1) is 13.2. The molecule has 1 amide bonds. The summed E-state index contributed by atoms with van der Waals surface area (Å²) in [6.45, 7) is 5.84. The molecular weight excluding hydrogens is 336 g/mol. The fraction of sp³-hybridized carbons (Fsp3) is 0.636. The van der Waals surface area contributed by atoms with Gasteiger partial charge in [-0.25, -0.2) is 0 Å². The lowest BCUT2D eigenvalue weighted by Gasteiger charge is -2.34. The van der Waals surface area contributed by atoms with Gasteiger partial charge in [-0.15, -0.1) is 0 Å². The van der Waals surface area contributed by atoms with E-state index in [0.29, 0.717) is 18.3 Å². The second kappa shape index (κ2) is 9.77. The van der Waals surface area contributed by atoms with E-state index in [1.807, 2.05) is 0 Å². The van der Waals surface area contributed by atoms with Crippen LogP contribution in [0.2, 0.25) is 0 Å². The van der Waals surface area contributed by atoms with Gasteiger partial charge in [0.1, 0.15) is 0 Å². The average Bonchev–Trinajstić information content (AvgIpc) is 2.71. The van der Waals surface area contributed by atoms with E-state index in [0.717, 1.165) is 45.0 Å². The Morgan fingerprint density at radius 3 is 2.74 bits per heavy atom. The molecule has 27 heavy (non-hydrogen) atoms. The van der Waals surface area contributed by atoms with E-state index in [4.69, 9.17) is 4.99 Å². The van der Waals surface area contributed by atoms with E-state index >= 15 is 0 Å². The molecule has 2 N–H and O–H groups in total. The zero-order valence-corrected chi connectivity index (χ0v) is 16.8. The molecule has 1 aliphatic heterocycles. The van der Waals surface area contributed by atoms with E-state index in [2.05, 4.69) is 46.7 Å². The maximum atomic E-state index is 11.6. The summed E-state index contributed by atoms with van der Waals surface area (Å²) in [7, 11) is 1.72. The van der Waals surface area contributed by atoms with Crippen LogP contribution in [0.4, 0.5) is 0 Å². The Morgan fingerprint density at radius 1 is 1.22 bits per heavy atom. The molecule has 0 spiro atoms. The summed E-state index contributed by atoms with van der Waals surface area (Å²) in [5, 5.41) is 6.22. The summed E-state index contributed by atoms with van der Waals surface area (Å²) in [5.41, 5.74) is 3.00. The number of carbonyl (C=O) groups is 1. The standard InChI is InChI=1S/C22H34N4O/c1-3-24-22(26-13-11-17(12-14-26)15-21(27)23-2)25-16-19-9-6-8-18-7-4-5-10-20(18)19/h4-5,7,10,17,19H,3,6,8-9,11-16H2,1-2H3,(H,23,27)(H,24,25). The first-order valence-corrected chi connectivity index (χ1v) is 10.5. The molecule has 148 valence electrons. The van der Waals surface area contributed by atoms with Gasteiger partial charge in [-0.1, -0.05) is 24.3 Å². The molecule has 3 rings (SSSR count). The fourth-order valence-corrected chi connectivity index (χ4v) is 4.38. The van der Waals surface area contributed by atoms with Crippen LogP contribution in [0.1, 0.15) is 56.1 Å². The van der Waals surface area contributed by atoms with Crippen molar-refractivity contribution in [1.29, 1.82) is 0 Å². The number of hydrogen-bond acceptors (Lipinski definition) is 2. The average molecular weight is 371 g/mol. The van der Waals surface area contributed by atoms with E-state index in [1.54, 1.807) is 7.05 Å². The lowest BCUT2D eigenvalue weighted by Crippen LogP contribution is -2.46. The highest BCUT2D eigenvalue weighted by molar-refractivity contribution is 5.80. The lowest BCUT2D eigenvalue weighted by atomic mass is 9.83. The van der Waals surface area contributed by atoms with Crippen LogP contribution in [0.3, 0.4) is 0 Å². The molecule has 2 aliphatic rings. The summed E-state index contributed by atoms with van der Waals surface area (Å²) in [6, 6.07) is 8.86. The zero-order valence-electron chi connectivity index (χ0n) is 16.8. The summed E-state index contributed by atoms with van der Waals surface area (Å²) < 4.78 is 0. The Bertz CT molecular complexity index is 649. The molecule has 1 heterocycles. The van der Waals surface area contributed by atoms with Gasteiger partial charge in [0.2, 0.25) is 5.91 Å². The van der Waals surface area contributed by atoms with Crippen molar-refractivity contribution in [3.05, 3.63) is 35.4 Å². The topological polar surface area (TPSA) is 56.7 Å². The van der Waals surface area contributed by atoms with Crippen LogP contribution in [0, 0.1) is 5.92 Å². The number of hydrogen-bond donors (Lipinski definition) is 2. The third kappa shape index (κ3) is 5.24. The number of carbonyl (C=O) groups excluding carboxylic acids is 1. The molecule has 5 nitrogen and oxygen atoms in total. The highest BCUT2D eigenvalue weighted by Crippen LogP contribution is 2.31. The molecule has 1 aliphatic carbocycles. The molecule has 1 aromatic rings. The van der Waals surface area contributed by atoms with E-state index < -0.39 is 0 Å². The number of piperidine rings is 1. The fourth-order valence-electron chi connectivity index (χ4n) is 4.38. The molecule has 0 bridgehead atoms. The van der Waals surface area contributed by atoms with Crippen molar-refractivity contribution in [3.8, 4) is 0 Å². The molecule has 0 aromatic heterocycles. The quantitative estimate of drug-likeness (QED) is 0.619. The number of aryl methyl sites for hydroxylation is 1. The van der Waals surface area contributed by atoms with Crippen LogP contribution in [-0.4, -0.2) is 50.0 Å². The highest BCUT2D eigenvalue weighted by Gasteiger charge is 2.24. The second-order valence-electron chi connectivity index (χ2n) is 7.79. The minimum atomic E-state index is 0.157. The van der Waals surface area contributed by atoms with Gasteiger partial charge >= 0.3 is 0 Å². The third-order valence-corrected chi connectivity index (χ3v) is 5.96. The molecule has 1 saturated heterocycles. The number of guanidine groups is 1. The molecule has 1 atom stereocenters. The molecule has 0 radical (unpaired) electrons. The SMILES string of the molecule is CCNC(=NCC1CCCc2ccccc21)N1CCC(CC(=O)NC)CC1. The predicted molar refractivity (Wildman–Crippen MR) is 111 cm³/mol. The van der Waals surface area contributed by atoms with Crippen LogP contribution in [0.15, 0.2) is 29.3 Å². The number of benzene rings is 1. The van der Waals surface area contributed by atoms with Crippen LogP contribution in [0.25, 0.3) is 0 Å². The van der Waals surface area contributed by atoms with Crippen molar-refractivity contribution in [3.63, 3.8) is 0 Å². The van der Waals surface area contributed by atoms with E-state index in [9.17, 15) is 4.79 Å². The summed E-state index contributed by atoms with van der Waals surface area (Å²) in [6.07, 6.45) is 6.47. The predicted octanol–water partition coefficient (Wildman–Crippen LogP) is 2.92. The first-order valence-electron chi connectivity index (χ1n) is 10.5. The number of amides is 1. The minimum Gasteiger partial charge on any atom is -0.359 e. The van der Waals surface area contributed by atoms with Crippen LogP contribution in [-0.2, 0) is 11.2 Å².